The van der Waals surface area contributed by atoms with Gasteiger partial charge in [0.25, 0.3) is 0 Å². The van der Waals surface area contributed by atoms with Crippen molar-refractivity contribution in [3.63, 3.8) is 0 Å². The number of hydrogen-bond acceptors (Lipinski definition) is 5. The summed E-state index contributed by atoms with van der Waals surface area (Å²) in [6, 6.07) is 36.8. The van der Waals surface area contributed by atoms with Crippen LogP contribution in [-0.4, -0.2) is 19.6 Å². The smallest absolute Gasteiger partial charge is 0.119 e. The summed E-state index contributed by atoms with van der Waals surface area (Å²) in [5.41, 5.74) is 13.6. The molecule has 3 heterocycles. The lowest BCUT2D eigenvalue weighted by Crippen LogP contribution is -2.47. The van der Waals surface area contributed by atoms with Crippen molar-refractivity contribution in [1.29, 1.82) is 0 Å². The SMILES string of the molecule is CCCN1c2cccc3c2C2(C#Cc4ccc(N=Nc5ccc(I)cc5)cc4)c4c1cccc4N(CCC)c1cccc(c12)N3CCC. The molecular formula is C42H38IN5. The zero-order valence-corrected chi connectivity index (χ0v) is 29.8. The third kappa shape index (κ3) is 4.74. The highest BCUT2D eigenvalue weighted by Crippen LogP contribution is 2.66. The summed E-state index contributed by atoms with van der Waals surface area (Å²) in [7, 11) is 0. The fourth-order valence-electron chi connectivity index (χ4n) is 7.83. The lowest BCUT2D eigenvalue weighted by Gasteiger charge is -2.54. The first kappa shape index (κ1) is 30.7. The molecule has 0 N–H and O–H groups in total. The zero-order valence-electron chi connectivity index (χ0n) is 27.7. The molecule has 238 valence electrons. The van der Waals surface area contributed by atoms with Gasteiger partial charge in [0.05, 0.1) is 11.4 Å². The van der Waals surface area contributed by atoms with Crippen molar-refractivity contribution < 1.29 is 0 Å². The molecule has 0 aromatic heterocycles. The van der Waals surface area contributed by atoms with Crippen LogP contribution in [0.1, 0.15) is 62.3 Å². The van der Waals surface area contributed by atoms with Gasteiger partial charge >= 0.3 is 0 Å². The normalized spacial score (nSPS) is 14.5. The van der Waals surface area contributed by atoms with E-state index in [1.165, 1.54) is 54.4 Å². The number of benzene rings is 5. The summed E-state index contributed by atoms with van der Waals surface area (Å²) < 4.78 is 1.18. The molecule has 0 radical (unpaired) electrons. The first-order chi connectivity index (χ1) is 23.6. The molecule has 5 nitrogen and oxygen atoms in total. The molecule has 8 rings (SSSR count). The molecule has 5 aromatic carbocycles. The molecule has 0 bridgehead atoms. The number of rotatable bonds is 8. The Kier molecular flexibility index (Phi) is 7.96. The van der Waals surface area contributed by atoms with Gasteiger partial charge in [-0.1, -0.05) is 50.8 Å². The van der Waals surface area contributed by atoms with E-state index in [2.05, 4.69) is 147 Å². The molecule has 48 heavy (non-hydrogen) atoms. The Bertz CT molecular complexity index is 1890. The van der Waals surface area contributed by atoms with Gasteiger partial charge < -0.3 is 14.7 Å². The first-order valence-electron chi connectivity index (χ1n) is 17.1. The molecule has 0 atom stereocenters. The highest BCUT2D eigenvalue weighted by atomic mass is 127. The number of hydrogen-bond donors (Lipinski definition) is 0. The molecule has 0 saturated heterocycles. The van der Waals surface area contributed by atoms with Crippen LogP contribution in [-0.2, 0) is 5.41 Å². The molecule has 5 aromatic rings. The lowest BCUT2D eigenvalue weighted by atomic mass is 9.61. The Morgan fingerprint density at radius 2 is 0.875 bits per heavy atom. The van der Waals surface area contributed by atoms with Crippen molar-refractivity contribution >= 4 is 68.1 Å². The Hall–Kier alpha value is -4.61. The highest BCUT2D eigenvalue weighted by molar-refractivity contribution is 14.1. The van der Waals surface area contributed by atoms with Crippen LogP contribution in [0.4, 0.5) is 45.5 Å². The predicted octanol–water partition coefficient (Wildman–Crippen LogP) is 11.7. The average molecular weight is 740 g/mol. The molecule has 3 aliphatic heterocycles. The van der Waals surface area contributed by atoms with Crippen LogP contribution in [0.2, 0.25) is 0 Å². The Morgan fingerprint density at radius 3 is 1.23 bits per heavy atom. The van der Waals surface area contributed by atoms with Crippen molar-refractivity contribution in [2.45, 2.75) is 45.4 Å². The summed E-state index contributed by atoms with van der Waals surface area (Å²) >= 11 is 2.30. The van der Waals surface area contributed by atoms with Gasteiger partial charge in [0.15, 0.2) is 0 Å². The quantitative estimate of drug-likeness (QED) is 0.0903. The largest absolute Gasteiger partial charge is 0.341 e. The van der Waals surface area contributed by atoms with Crippen LogP contribution in [0.25, 0.3) is 0 Å². The Morgan fingerprint density at radius 1 is 0.521 bits per heavy atom. The first-order valence-corrected chi connectivity index (χ1v) is 18.2. The van der Waals surface area contributed by atoms with E-state index in [-0.39, 0.29) is 0 Å². The fraction of sp³-hybridized carbons (Fsp3) is 0.238. The number of anilines is 6. The molecule has 3 aliphatic rings. The van der Waals surface area contributed by atoms with Gasteiger partial charge in [-0.25, -0.2) is 0 Å². The van der Waals surface area contributed by atoms with Crippen molar-refractivity contribution in [3.05, 3.63) is 129 Å². The molecule has 0 saturated carbocycles. The summed E-state index contributed by atoms with van der Waals surface area (Å²) in [6.45, 7) is 9.67. The lowest BCUT2D eigenvalue weighted by molar-refractivity contribution is 0.703. The number of nitrogens with zero attached hydrogens (tertiary/aromatic N) is 5. The van der Waals surface area contributed by atoms with Crippen LogP contribution < -0.4 is 14.7 Å². The van der Waals surface area contributed by atoms with Gasteiger partial charge in [-0.05, 0) is 127 Å². The van der Waals surface area contributed by atoms with E-state index < -0.39 is 5.41 Å². The Labute approximate surface area is 297 Å². The van der Waals surface area contributed by atoms with Crippen LogP contribution in [0.5, 0.6) is 0 Å². The van der Waals surface area contributed by atoms with Crippen LogP contribution in [0, 0.1) is 15.4 Å². The van der Waals surface area contributed by atoms with Crippen molar-refractivity contribution in [2.24, 2.45) is 10.2 Å². The minimum absolute atomic E-state index is 0.619. The van der Waals surface area contributed by atoms with Crippen LogP contribution in [0.3, 0.4) is 0 Å². The van der Waals surface area contributed by atoms with Gasteiger partial charge in [0.1, 0.15) is 5.41 Å². The zero-order chi connectivity index (χ0) is 32.8. The van der Waals surface area contributed by atoms with E-state index >= 15 is 0 Å². The average Bonchev–Trinajstić information content (AvgIpc) is 3.12. The van der Waals surface area contributed by atoms with Crippen molar-refractivity contribution in [1.82, 2.24) is 0 Å². The third-order valence-electron chi connectivity index (χ3n) is 9.64. The maximum Gasteiger partial charge on any atom is 0.119 e. The summed E-state index contributed by atoms with van der Waals surface area (Å²) in [6.07, 6.45) is 3.16. The number of halogens is 1. The van der Waals surface area contributed by atoms with Gasteiger partial charge in [-0.15, -0.1) is 0 Å². The van der Waals surface area contributed by atoms with Crippen molar-refractivity contribution in [2.75, 3.05) is 34.3 Å². The third-order valence-corrected chi connectivity index (χ3v) is 10.4. The standard InChI is InChI=1S/C42H38IN5/c1-4-26-46-33-10-7-12-35-39(33)42(25-24-29-16-20-31(21-17-29)44-45-32-22-18-30(43)19-23-32)40-34(46)11-8-13-36(40)48(28-6-3)38-15-9-14-37(41(38)42)47(35)27-5-2/h7-23H,4-6,26-28H2,1-3H3. The van der Waals surface area contributed by atoms with Gasteiger partial charge in [-0.2, -0.15) is 10.2 Å². The predicted molar refractivity (Wildman–Crippen MR) is 208 cm³/mol. The fourth-order valence-corrected chi connectivity index (χ4v) is 8.19. The topological polar surface area (TPSA) is 34.4 Å². The number of azo groups is 1. The van der Waals surface area contributed by atoms with Crippen LogP contribution in [0.15, 0.2) is 113 Å². The summed E-state index contributed by atoms with van der Waals surface area (Å²) in [5, 5.41) is 8.93. The van der Waals surface area contributed by atoms with E-state index in [9.17, 15) is 0 Å². The van der Waals surface area contributed by atoms with E-state index in [4.69, 9.17) is 0 Å². The van der Waals surface area contributed by atoms with Gasteiger partial charge in [-0.3, -0.25) is 0 Å². The second-order valence-corrected chi connectivity index (χ2v) is 13.9. The summed E-state index contributed by atoms with van der Waals surface area (Å²) in [5.74, 6) is 7.74. The van der Waals surface area contributed by atoms with Crippen LogP contribution >= 0.6 is 22.6 Å². The maximum absolute atomic E-state index is 4.49. The van der Waals surface area contributed by atoms with Gasteiger partial charge in [0, 0.05) is 79.6 Å². The minimum atomic E-state index is -0.619. The summed E-state index contributed by atoms with van der Waals surface area (Å²) in [4.78, 5) is 7.66. The van der Waals surface area contributed by atoms with E-state index in [0.717, 1.165) is 55.8 Å². The Balaban J connectivity index is 1.35. The molecular weight excluding hydrogens is 701 g/mol. The van der Waals surface area contributed by atoms with Gasteiger partial charge in [0.2, 0.25) is 0 Å². The van der Waals surface area contributed by atoms with E-state index in [1.54, 1.807) is 0 Å². The minimum Gasteiger partial charge on any atom is -0.341 e. The molecule has 0 amide bonds. The highest BCUT2D eigenvalue weighted by Gasteiger charge is 2.55. The molecule has 6 heteroatoms. The maximum atomic E-state index is 4.49. The van der Waals surface area contributed by atoms with E-state index in [0.29, 0.717) is 0 Å². The second-order valence-electron chi connectivity index (χ2n) is 12.7. The molecule has 0 spiro atoms. The molecule has 0 fully saturated rings. The molecule has 0 unspecified atom stereocenters. The van der Waals surface area contributed by atoms with E-state index in [1.807, 2.05) is 36.4 Å². The monoisotopic (exact) mass is 739 g/mol. The second kappa shape index (κ2) is 12.4. The molecule has 0 aliphatic carbocycles. The van der Waals surface area contributed by atoms with Crippen molar-refractivity contribution in [3.8, 4) is 11.8 Å².